The highest BCUT2D eigenvalue weighted by atomic mass is 35.5. The summed E-state index contributed by atoms with van der Waals surface area (Å²) in [7, 11) is 1.94. The highest BCUT2D eigenvalue weighted by molar-refractivity contribution is 7.20. The van der Waals surface area contributed by atoms with E-state index in [1.807, 2.05) is 64.9 Å². The molecule has 1 unspecified atom stereocenters. The Morgan fingerprint density at radius 1 is 1.36 bits per heavy atom. The maximum atomic E-state index is 13.5. The largest absolute Gasteiger partial charge is 0.299 e. The minimum Gasteiger partial charge on any atom is -0.299 e. The fourth-order valence-corrected chi connectivity index (χ4v) is 3.98. The molecule has 1 aromatic carbocycles. The third-order valence-corrected chi connectivity index (χ3v) is 5.62. The van der Waals surface area contributed by atoms with Gasteiger partial charge in [0.05, 0.1) is 4.87 Å². The number of aryl methyl sites for hydroxylation is 1. The number of nitrogens with zero attached hydrogens (tertiary/aromatic N) is 2. The Morgan fingerprint density at radius 3 is 2.68 bits per heavy atom. The molecule has 3 nitrogen and oxygen atoms in total. The van der Waals surface area contributed by atoms with Crippen molar-refractivity contribution < 1.29 is 4.39 Å². The molecule has 2 rings (SSSR count). The average molecular weight is 422 g/mol. The summed E-state index contributed by atoms with van der Waals surface area (Å²) >= 11 is 7.85. The number of alkyl halides is 1. The van der Waals surface area contributed by atoms with Gasteiger partial charge in [-0.1, -0.05) is 12.2 Å². The van der Waals surface area contributed by atoms with Crippen LogP contribution in [0.4, 0.5) is 4.39 Å². The van der Waals surface area contributed by atoms with Crippen molar-refractivity contribution in [1.29, 1.82) is 0 Å². The van der Waals surface area contributed by atoms with Crippen molar-refractivity contribution in [2.45, 2.75) is 52.5 Å². The normalized spacial score (nSPS) is 14.9. The van der Waals surface area contributed by atoms with Crippen LogP contribution in [-0.2, 0) is 0 Å². The Morgan fingerprint density at radius 2 is 2.04 bits per heavy atom. The van der Waals surface area contributed by atoms with Gasteiger partial charge in [0.2, 0.25) is 0 Å². The number of amidine groups is 1. The number of halogens is 2. The average Bonchev–Trinajstić information content (AvgIpc) is 2.88. The summed E-state index contributed by atoms with van der Waals surface area (Å²) < 4.78 is 14.6. The molecule has 0 aliphatic carbocycles. The maximum Gasteiger partial charge on any atom is 0.123 e. The first-order valence-corrected chi connectivity index (χ1v) is 10.5. The van der Waals surface area contributed by atoms with Gasteiger partial charge in [0.25, 0.3) is 0 Å². The van der Waals surface area contributed by atoms with Crippen molar-refractivity contribution in [3.8, 4) is 0 Å². The van der Waals surface area contributed by atoms with Crippen LogP contribution in [0.15, 0.2) is 41.0 Å². The number of fused-ring (bicyclic) bond motifs is 1. The van der Waals surface area contributed by atoms with Crippen molar-refractivity contribution in [2.75, 3.05) is 7.05 Å². The molecule has 0 fully saturated rings. The predicted octanol–water partition coefficient (Wildman–Crippen LogP) is 6.53. The van der Waals surface area contributed by atoms with Crippen LogP contribution in [0.2, 0.25) is 0 Å². The van der Waals surface area contributed by atoms with E-state index < -0.39 is 0 Å². The number of aliphatic imine (C=N–C) groups is 1. The molecule has 1 atom stereocenters. The van der Waals surface area contributed by atoms with E-state index in [0.29, 0.717) is 0 Å². The molecular weight excluding hydrogens is 393 g/mol. The van der Waals surface area contributed by atoms with Gasteiger partial charge in [-0.25, -0.2) is 14.8 Å². The van der Waals surface area contributed by atoms with Gasteiger partial charge in [0, 0.05) is 28.4 Å². The third kappa shape index (κ3) is 6.43. The van der Waals surface area contributed by atoms with E-state index >= 15 is 0 Å². The van der Waals surface area contributed by atoms with E-state index in [-0.39, 0.29) is 16.7 Å². The lowest BCUT2D eigenvalue weighted by atomic mass is 10.1. The van der Waals surface area contributed by atoms with E-state index in [1.165, 1.54) is 6.07 Å². The molecule has 0 saturated heterocycles. The molecule has 2 aromatic rings. The number of nitrogens with one attached hydrogen (secondary N) is 1. The van der Waals surface area contributed by atoms with E-state index in [1.54, 1.807) is 17.4 Å². The zero-order chi connectivity index (χ0) is 21.1. The van der Waals surface area contributed by atoms with Crippen LogP contribution < -0.4 is 5.43 Å². The summed E-state index contributed by atoms with van der Waals surface area (Å²) in [5, 5.41) is 2.87. The molecule has 0 spiro atoms. The van der Waals surface area contributed by atoms with Crippen LogP contribution in [0, 0.1) is 12.7 Å². The Labute approximate surface area is 176 Å². The number of rotatable bonds is 6. The smallest absolute Gasteiger partial charge is 0.123 e. The minimum absolute atomic E-state index is 0.122. The number of hydrogen-bond acceptors (Lipinski definition) is 3. The number of hydrogen-bond donors (Lipinski definition) is 1. The van der Waals surface area contributed by atoms with E-state index in [2.05, 4.69) is 23.4 Å². The second-order valence-corrected chi connectivity index (χ2v) is 9.63. The Kier molecular flexibility index (Phi) is 7.43. The van der Waals surface area contributed by atoms with E-state index in [9.17, 15) is 4.39 Å². The monoisotopic (exact) mass is 421 g/mol. The summed E-state index contributed by atoms with van der Waals surface area (Å²) in [6.45, 7) is 11.9. The minimum atomic E-state index is -0.359. The van der Waals surface area contributed by atoms with Crippen LogP contribution in [0.25, 0.3) is 16.2 Å². The molecule has 0 aliphatic heterocycles. The quantitative estimate of drug-likeness (QED) is 0.189. The maximum absolute atomic E-state index is 13.5. The molecule has 6 heteroatoms. The lowest BCUT2D eigenvalue weighted by molar-refractivity contribution is 0.340. The second kappa shape index (κ2) is 9.21. The van der Waals surface area contributed by atoms with Gasteiger partial charge >= 0.3 is 0 Å². The van der Waals surface area contributed by atoms with Crippen LogP contribution in [0.1, 0.15) is 45.1 Å². The van der Waals surface area contributed by atoms with Gasteiger partial charge in [-0.2, -0.15) is 0 Å². The standard InChI is InChI=1S/C22H29ClFN3S/c1-14(10-11-22(5,6)23)26-27(7)17(4)25-15(2)12-21-16(3)19-13-18(24)8-9-20(19)28-21/h8-14,26H,1-7H3/b11-10+,15-12+,25-17?. The Bertz CT molecular complexity index is 922. The van der Waals surface area contributed by atoms with Gasteiger partial charge in [0.15, 0.2) is 0 Å². The van der Waals surface area contributed by atoms with Crippen molar-refractivity contribution in [1.82, 2.24) is 10.4 Å². The SMILES string of the molecule is CC(=N/C(C)=C/c1sc2ccc(F)cc2c1C)N(C)NC(C)/C=C/C(C)(C)Cl. The molecule has 152 valence electrons. The first kappa shape index (κ1) is 22.6. The summed E-state index contributed by atoms with van der Waals surface area (Å²) in [4.78, 5) is 5.43. The third-order valence-electron chi connectivity index (χ3n) is 4.28. The summed E-state index contributed by atoms with van der Waals surface area (Å²) in [5.41, 5.74) is 5.33. The van der Waals surface area contributed by atoms with Crippen molar-refractivity contribution >= 4 is 44.9 Å². The topological polar surface area (TPSA) is 27.6 Å². The molecule has 1 aromatic heterocycles. The fraction of sp³-hybridized carbons (Fsp3) is 0.409. The molecule has 1 N–H and O–H groups in total. The van der Waals surface area contributed by atoms with Gasteiger partial charge in [0.1, 0.15) is 11.7 Å². The van der Waals surface area contributed by atoms with E-state index in [0.717, 1.165) is 32.1 Å². The van der Waals surface area contributed by atoms with Gasteiger partial charge in [-0.05, 0) is 76.8 Å². The molecule has 0 bridgehead atoms. The first-order valence-electron chi connectivity index (χ1n) is 9.26. The zero-order valence-electron chi connectivity index (χ0n) is 17.6. The molecule has 0 amide bonds. The Balaban J connectivity index is 2.13. The van der Waals surface area contributed by atoms with Crippen molar-refractivity contribution in [3.63, 3.8) is 0 Å². The summed E-state index contributed by atoms with van der Waals surface area (Å²) in [5.74, 6) is 0.645. The van der Waals surface area contributed by atoms with Crippen molar-refractivity contribution in [3.05, 3.63) is 52.3 Å². The lowest BCUT2D eigenvalue weighted by Gasteiger charge is -2.23. The van der Waals surface area contributed by atoms with Crippen molar-refractivity contribution in [2.24, 2.45) is 4.99 Å². The summed E-state index contributed by atoms with van der Waals surface area (Å²) in [6.07, 6.45) is 6.07. The number of benzene rings is 1. The van der Waals surface area contributed by atoms with Crippen LogP contribution in [0.5, 0.6) is 0 Å². The molecule has 0 aliphatic rings. The summed E-state index contributed by atoms with van der Waals surface area (Å²) in [6, 6.07) is 5.05. The molecule has 28 heavy (non-hydrogen) atoms. The molecule has 1 heterocycles. The van der Waals surface area contributed by atoms with Crippen LogP contribution in [-0.4, -0.2) is 28.8 Å². The van der Waals surface area contributed by atoms with Gasteiger partial charge < -0.3 is 0 Å². The second-order valence-electron chi connectivity index (χ2n) is 7.58. The number of hydrazine groups is 1. The number of allylic oxidation sites excluding steroid dienone is 2. The van der Waals surface area contributed by atoms with Crippen LogP contribution >= 0.6 is 22.9 Å². The molecule has 0 saturated carbocycles. The van der Waals surface area contributed by atoms with E-state index in [4.69, 9.17) is 11.6 Å². The highest BCUT2D eigenvalue weighted by Crippen LogP contribution is 2.32. The fourth-order valence-electron chi connectivity index (χ4n) is 2.72. The predicted molar refractivity (Wildman–Crippen MR) is 123 cm³/mol. The van der Waals surface area contributed by atoms with Gasteiger partial charge in [-0.15, -0.1) is 22.9 Å². The first-order chi connectivity index (χ1) is 13.0. The van der Waals surface area contributed by atoms with Gasteiger partial charge in [-0.3, -0.25) is 5.01 Å². The molecular formula is C22H29ClFN3S. The highest BCUT2D eigenvalue weighted by Gasteiger charge is 2.10. The van der Waals surface area contributed by atoms with Crippen LogP contribution in [0.3, 0.4) is 0 Å². The lowest BCUT2D eigenvalue weighted by Crippen LogP contribution is -2.43. The molecule has 0 radical (unpaired) electrons. The zero-order valence-corrected chi connectivity index (χ0v) is 19.2. The Hall–Kier alpha value is -1.69. The number of thiophene rings is 1.